The Bertz CT molecular complexity index is 786. The molecule has 2 aliphatic heterocycles. The van der Waals surface area contributed by atoms with E-state index >= 15 is 0 Å². The number of hydrogen-bond donors (Lipinski definition) is 0. The number of benzene rings is 2. The third-order valence-corrected chi connectivity index (χ3v) is 3.68. The molecule has 2 aromatic carbocycles. The summed E-state index contributed by atoms with van der Waals surface area (Å²) in [5, 5.41) is 0. The summed E-state index contributed by atoms with van der Waals surface area (Å²) in [7, 11) is 0. The summed E-state index contributed by atoms with van der Waals surface area (Å²) in [5.41, 5.74) is 2.04. The van der Waals surface area contributed by atoms with Crippen LogP contribution in [0.25, 0.3) is 6.08 Å². The van der Waals surface area contributed by atoms with E-state index < -0.39 is 6.96 Å². The molecule has 0 bridgehead atoms. The van der Waals surface area contributed by atoms with E-state index in [0.717, 1.165) is 17.5 Å². The first-order valence-electron chi connectivity index (χ1n) is 7.10. The molecule has 110 valence electrons. The van der Waals surface area contributed by atoms with Crippen molar-refractivity contribution in [3.05, 3.63) is 66.8 Å². The highest BCUT2D eigenvalue weighted by atomic mass is 16.9. The summed E-state index contributed by atoms with van der Waals surface area (Å²) < 4.78 is 23.2. The van der Waals surface area contributed by atoms with Gasteiger partial charge in [-0.1, -0.05) is 30.9 Å². The Morgan fingerprint density at radius 2 is 1.45 bits per heavy atom. The van der Waals surface area contributed by atoms with Gasteiger partial charge in [0.25, 0.3) is 0 Å². The molecule has 2 heterocycles. The standard InChI is InChI=1S/C17H14BO4/c1-3-5-13-7-9-15-17(11-13)22-18(20-15)19-14-8-6-12(4-2)10-16(14)21-18/h3-4,6-11H,1-2,5H2/q-1. The summed E-state index contributed by atoms with van der Waals surface area (Å²) in [5.74, 6) is 2.43. The number of allylic oxidation sites excluding steroid dienone is 1. The molecule has 1 unspecified atom stereocenters. The zero-order valence-electron chi connectivity index (χ0n) is 12.0. The van der Waals surface area contributed by atoms with Crippen LogP contribution in [0.4, 0.5) is 0 Å². The topological polar surface area (TPSA) is 36.9 Å². The number of fused-ring (bicyclic) bond motifs is 2. The monoisotopic (exact) mass is 293 g/mol. The molecule has 0 aromatic heterocycles. The lowest BCUT2D eigenvalue weighted by Crippen LogP contribution is -2.54. The predicted molar refractivity (Wildman–Crippen MR) is 85.1 cm³/mol. The van der Waals surface area contributed by atoms with Crippen molar-refractivity contribution in [3.63, 3.8) is 0 Å². The van der Waals surface area contributed by atoms with Gasteiger partial charge in [-0.15, -0.1) is 6.58 Å². The SMILES string of the molecule is C=CCc1ccc2c(c1)O[B-]1(Oc3ccc(C=C)cc3O1)O2. The average molecular weight is 293 g/mol. The van der Waals surface area contributed by atoms with Gasteiger partial charge in [0.15, 0.2) is 0 Å². The van der Waals surface area contributed by atoms with Gasteiger partial charge in [-0.05, 0) is 41.8 Å². The Labute approximate surface area is 128 Å². The molecule has 1 atom stereocenters. The van der Waals surface area contributed by atoms with Crippen LogP contribution in [-0.4, -0.2) is 6.96 Å². The van der Waals surface area contributed by atoms with Crippen LogP contribution in [0.2, 0.25) is 0 Å². The third-order valence-electron chi connectivity index (χ3n) is 3.68. The van der Waals surface area contributed by atoms with Crippen LogP contribution >= 0.6 is 0 Å². The second-order valence-corrected chi connectivity index (χ2v) is 5.23. The minimum absolute atomic E-state index is 0.594. The molecule has 4 nitrogen and oxygen atoms in total. The van der Waals surface area contributed by atoms with E-state index in [0.29, 0.717) is 23.0 Å². The Hall–Kier alpha value is -2.82. The van der Waals surface area contributed by atoms with Crippen LogP contribution in [0.5, 0.6) is 23.0 Å². The van der Waals surface area contributed by atoms with Crippen LogP contribution in [-0.2, 0) is 6.42 Å². The Morgan fingerprint density at radius 1 is 0.818 bits per heavy atom. The first-order valence-corrected chi connectivity index (χ1v) is 7.10. The highest BCUT2D eigenvalue weighted by Gasteiger charge is 2.51. The van der Waals surface area contributed by atoms with E-state index in [1.807, 2.05) is 42.5 Å². The minimum atomic E-state index is -2.31. The van der Waals surface area contributed by atoms with Gasteiger partial charge in [0.05, 0.1) is 0 Å². The molecule has 1 spiro atoms. The quantitative estimate of drug-likeness (QED) is 0.638. The van der Waals surface area contributed by atoms with Gasteiger partial charge in [0, 0.05) is 0 Å². The summed E-state index contributed by atoms with van der Waals surface area (Å²) in [6.07, 6.45) is 4.35. The van der Waals surface area contributed by atoms with Crippen molar-refractivity contribution in [1.29, 1.82) is 0 Å². The Morgan fingerprint density at radius 3 is 2.14 bits per heavy atom. The summed E-state index contributed by atoms with van der Waals surface area (Å²) in [6, 6.07) is 11.3. The maximum absolute atomic E-state index is 5.83. The Balaban J connectivity index is 1.63. The van der Waals surface area contributed by atoms with Crippen LogP contribution in [0, 0.1) is 0 Å². The van der Waals surface area contributed by atoms with E-state index in [1.165, 1.54) is 0 Å². The van der Waals surface area contributed by atoms with Gasteiger partial charge >= 0.3 is 6.96 Å². The molecule has 0 radical (unpaired) electrons. The smallest absolute Gasteiger partial charge is 0.609 e. The zero-order chi connectivity index (χ0) is 15.2. The summed E-state index contributed by atoms with van der Waals surface area (Å²) in [4.78, 5) is 0. The van der Waals surface area contributed by atoms with E-state index in [4.69, 9.17) is 18.6 Å². The maximum atomic E-state index is 5.83. The fourth-order valence-corrected chi connectivity index (χ4v) is 2.64. The lowest BCUT2D eigenvalue weighted by Gasteiger charge is -2.27. The molecular formula is C17H14BO4-. The fraction of sp³-hybridized carbons (Fsp3) is 0.0588. The normalized spacial score (nSPS) is 20.2. The van der Waals surface area contributed by atoms with Crippen LogP contribution < -0.4 is 18.6 Å². The van der Waals surface area contributed by atoms with E-state index in [1.54, 1.807) is 6.08 Å². The molecule has 4 rings (SSSR count). The maximum Gasteiger partial charge on any atom is 0.777 e. The highest BCUT2D eigenvalue weighted by Crippen LogP contribution is 2.45. The van der Waals surface area contributed by atoms with E-state index in [-0.39, 0.29) is 0 Å². The second kappa shape index (κ2) is 4.60. The lowest BCUT2D eigenvalue weighted by molar-refractivity contribution is 0.224. The van der Waals surface area contributed by atoms with Gasteiger partial charge in [0.1, 0.15) is 23.0 Å². The second-order valence-electron chi connectivity index (χ2n) is 5.23. The first-order chi connectivity index (χ1) is 10.7. The molecule has 5 heteroatoms. The van der Waals surface area contributed by atoms with Crippen molar-refractivity contribution >= 4 is 13.0 Å². The minimum Gasteiger partial charge on any atom is -0.609 e. The van der Waals surface area contributed by atoms with Crippen LogP contribution in [0.15, 0.2) is 55.6 Å². The molecule has 2 aromatic rings. The van der Waals surface area contributed by atoms with Crippen molar-refractivity contribution in [3.8, 4) is 23.0 Å². The zero-order valence-corrected chi connectivity index (χ0v) is 12.0. The predicted octanol–water partition coefficient (Wildman–Crippen LogP) is 3.74. The molecule has 0 aliphatic carbocycles. The third kappa shape index (κ3) is 1.94. The summed E-state index contributed by atoms with van der Waals surface area (Å²) >= 11 is 0. The first kappa shape index (κ1) is 12.9. The van der Waals surface area contributed by atoms with Gasteiger partial charge in [-0.25, -0.2) is 0 Å². The average Bonchev–Trinajstić information content (AvgIpc) is 3.04. The van der Waals surface area contributed by atoms with Crippen molar-refractivity contribution in [2.75, 3.05) is 0 Å². The molecule has 0 saturated carbocycles. The fourth-order valence-electron chi connectivity index (χ4n) is 2.64. The van der Waals surface area contributed by atoms with Gasteiger partial charge in [-0.2, -0.15) is 0 Å². The van der Waals surface area contributed by atoms with Crippen molar-refractivity contribution in [1.82, 2.24) is 0 Å². The molecule has 0 fully saturated rings. The Kier molecular flexibility index (Phi) is 2.69. The van der Waals surface area contributed by atoms with Crippen molar-refractivity contribution < 1.29 is 18.6 Å². The molecular weight excluding hydrogens is 279 g/mol. The largest absolute Gasteiger partial charge is 0.777 e. The van der Waals surface area contributed by atoms with Crippen LogP contribution in [0.1, 0.15) is 11.1 Å². The molecule has 0 N–H and O–H groups in total. The highest BCUT2D eigenvalue weighted by molar-refractivity contribution is 6.59. The van der Waals surface area contributed by atoms with Gasteiger partial charge in [0.2, 0.25) is 0 Å². The van der Waals surface area contributed by atoms with Crippen molar-refractivity contribution in [2.45, 2.75) is 6.42 Å². The summed E-state index contributed by atoms with van der Waals surface area (Å²) in [6.45, 7) is 5.17. The number of rotatable bonds is 3. The number of hydrogen-bond acceptors (Lipinski definition) is 4. The van der Waals surface area contributed by atoms with Gasteiger partial charge < -0.3 is 18.6 Å². The molecule has 2 aliphatic rings. The molecule has 0 amide bonds. The molecule has 22 heavy (non-hydrogen) atoms. The lowest BCUT2D eigenvalue weighted by atomic mass is 10.1. The molecule has 0 saturated heterocycles. The van der Waals surface area contributed by atoms with Gasteiger partial charge in [-0.3, -0.25) is 0 Å². The van der Waals surface area contributed by atoms with E-state index in [2.05, 4.69) is 13.2 Å². The van der Waals surface area contributed by atoms with Crippen LogP contribution in [0.3, 0.4) is 0 Å². The van der Waals surface area contributed by atoms with E-state index in [9.17, 15) is 0 Å². The van der Waals surface area contributed by atoms with Crippen molar-refractivity contribution in [2.24, 2.45) is 0 Å².